The van der Waals surface area contributed by atoms with E-state index in [1.165, 1.54) is 37.6 Å². The summed E-state index contributed by atoms with van der Waals surface area (Å²) in [7, 11) is 1.26. The summed E-state index contributed by atoms with van der Waals surface area (Å²) in [5.41, 5.74) is 0.510. The molecule has 1 aromatic heterocycles. The van der Waals surface area contributed by atoms with Gasteiger partial charge in [0, 0.05) is 5.69 Å². The molecule has 0 spiro atoms. The van der Waals surface area contributed by atoms with Crippen LogP contribution in [-0.2, 0) is 4.74 Å². The van der Waals surface area contributed by atoms with Crippen LogP contribution in [0.4, 0.5) is 24.0 Å². The molecule has 0 amide bonds. The highest BCUT2D eigenvalue weighted by Gasteiger charge is 2.30. The zero-order chi connectivity index (χ0) is 15.5. The first-order chi connectivity index (χ1) is 9.87. The molecule has 9 heteroatoms. The second-order valence-electron chi connectivity index (χ2n) is 3.72. The van der Waals surface area contributed by atoms with Gasteiger partial charge in [-0.25, -0.2) is 9.78 Å². The summed E-state index contributed by atoms with van der Waals surface area (Å²) in [6.07, 6.45) is -3.38. The predicted molar refractivity (Wildman–Crippen MR) is 69.9 cm³/mol. The lowest BCUT2D eigenvalue weighted by molar-refractivity contribution is -0.274. The maximum atomic E-state index is 12.0. The lowest BCUT2D eigenvalue weighted by atomic mass is 10.3. The van der Waals surface area contributed by atoms with Gasteiger partial charge in [0.15, 0.2) is 5.13 Å². The van der Waals surface area contributed by atoms with E-state index >= 15 is 0 Å². The molecule has 1 aromatic carbocycles. The summed E-state index contributed by atoms with van der Waals surface area (Å²) < 4.78 is 44.3. The summed E-state index contributed by atoms with van der Waals surface area (Å²) in [5, 5.41) is 3.27. The van der Waals surface area contributed by atoms with Crippen molar-refractivity contribution in [1.82, 2.24) is 4.98 Å². The van der Waals surface area contributed by atoms with Crippen LogP contribution in [0.2, 0.25) is 0 Å². The van der Waals surface area contributed by atoms with E-state index in [1.54, 1.807) is 0 Å². The van der Waals surface area contributed by atoms with Crippen LogP contribution in [-0.4, -0.2) is 24.4 Å². The van der Waals surface area contributed by atoms with Crippen molar-refractivity contribution >= 4 is 28.1 Å². The van der Waals surface area contributed by atoms with Gasteiger partial charge in [0.25, 0.3) is 0 Å². The Labute approximate surface area is 121 Å². The number of aromatic nitrogens is 1. The van der Waals surface area contributed by atoms with Gasteiger partial charge < -0.3 is 14.8 Å². The summed E-state index contributed by atoms with van der Waals surface area (Å²) in [6.45, 7) is 0. The second kappa shape index (κ2) is 6.00. The molecule has 0 saturated heterocycles. The fourth-order valence-corrected chi connectivity index (χ4v) is 2.14. The number of thiazole rings is 1. The number of benzene rings is 1. The average molecular weight is 318 g/mol. The van der Waals surface area contributed by atoms with Gasteiger partial charge in [0.1, 0.15) is 10.6 Å². The number of hydrogen-bond acceptors (Lipinski definition) is 6. The molecule has 1 N–H and O–H groups in total. The Bertz CT molecular complexity index is 625. The van der Waals surface area contributed by atoms with Crippen LogP contribution in [0.25, 0.3) is 0 Å². The predicted octanol–water partition coefficient (Wildman–Crippen LogP) is 3.57. The van der Waals surface area contributed by atoms with E-state index in [4.69, 9.17) is 0 Å². The van der Waals surface area contributed by atoms with Gasteiger partial charge in [-0.3, -0.25) is 0 Å². The zero-order valence-corrected chi connectivity index (χ0v) is 11.4. The quantitative estimate of drug-likeness (QED) is 0.873. The van der Waals surface area contributed by atoms with Gasteiger partial charge in [-0.2, -0.15) is 0 Å². The van der Waals surface area contributed by atoms with Crippen LogP contribution in [0.15, 0.2) is 30.5 Å². The first-order valence-corrected chi connectivity index (χ1v) is 6.36. The molecule has 0 unspecified atom stereocenters. The van der Waals surface area contributed by atoms with Crippen LogP contribution in [0.3, 0.4) is 0 Å². The van der Waals surface area contributed by atoms with Crippen molar-refractivity contribution in [3.63, 3.8) is 0 Å². The summed E-state index contributed by atoms with van der Waals surface area (Å²) >= 11 is 1.07. The monoisotopic (exact) mass is 318 g/mol. The molecule has 0 saturated carbocycles. The average Bonchev–Trinajstić information content (AvgIpc) is 2.87. The molecular weight excluding hydrogens is 309 g/mol. The van der Waals surface area contributed by atoms with Crippen molar-refractivity contribution in [2.75, 3.05) is 12.4 Å². The number of esters is 1. The number of carbonyl (C=O) groups excluding carboxylic acids is 1. The number of hydrogen-bond donors (Lipinski definition) is 1. The Kier molecular flexibility index (Phi) is 4.32. The molecule has 0 bridgehead atoms. The van der Waals surface area contributed by atoms with Crippen molar-refractivity contribution < 1.29 is 27.4 Å². The van der Waals surface area contributed by atoms with Crippen molar-refractivity contribution in [2.45, 2.75) is 6.36 Å². The SMILES string of the molecule is COC(=O)c1cnc(Nc2ccc(OC(F)(F)F)cc2)s1. The lowest BCUT2D eigenvalue weighted by Crippen LogP contribution is -2.16. The van der Waals surface area contributed by atoms with Gasteiger partial charge in [-0.1, -0.05) is 11.3 Å². The molecule has 2 aromatic rings. The van der Waals surface area contributed by atoms with Gasteiger partial charge in [-0.15, -0.1) is 13.2 Å². The van der Waals surface area contributed by atoms with Crippen molar-refractivity contribution in [1.29, 1.82) is 0 Å². The molecule has 5 nitrogen and oxygen atoms in total. The molecule has 0 atom stereocenters. The molecule has 0 radical (unpaired) electrons. The molecule has 0 fully saturated rings. The van der Waals surface area contributed by atoms with E-state index in [-0.39, 0.29) is 5.75 Å². The second-order valence-corrected chi connectivity index (χ2v) is 4.75. The Balaban J connectivity index is 2.03. The number of nitrogens with zero attached hydrogens (tertiary/aromatic N) is 1. The highest BCUT2D eigenvalue weighted by molar-refractivity contribution is 7.17. The standard InChI is InChI=1S/C12H9F3N2O3S/c1-19-10(18)9-6-16-11(21-9)17-7-2-4-8(5-3-7)20-12(13,14)15/h2-6H,1H3,(H,16,17). The molecule has 2 rings (SSSR count). The maximum Gasteiger partial charge on any atom is 0.573 e. The number of nitrogens with one attached hydrogen (secondary N) is 1. The summed E-state index contributed by atoms with van der Waals surface area (Å²) in [5.74, 6) is -0.822. The van der Waals surface area contributed by atoms with Crippen molar-refractivity contribution in [2.24, 2.45) is 0 Å². The van der Waals surface area contributed by atoms with Crippen LogP contribution in [0.1, 0.15) is 9.67 Å². The van der Waals surface area contributed by atoms with E-state index in [0.717, 1.165) is 11.3 Å². The first-order valence-electron chi connectivity index (χ1n) is 5.54. The fraction of sp³-hybridized carbons (Fsp3) is 0.167. The Morgan fingerprint density at radius 2 is 1.95 bits per heavy atom. The van der Waals surface area contributed by atoms with Gasteiger partial charge in [-0.05, 0) is 24.3 Å². The highest BCUT2D eigenvalue weighted by Crippen LogP contribution is 2.27. The number of methoxy groups -OCH3 is 1. The maximum absolute atomic E-state index is 12.0. The minimum absolute atomic E-state index is 0.317. The van der Waals surface area contributed by atoms with Crippen LogP contribution >= 0.6 is 11.3 Å². The van der Waals surface area contributed by atoms with E-state index in [0.29, 0.717) is 15.7 Å². The molecule has 0 aliphatic heterocycles. The van der Waals surface area contributed by atoms with Crippen LogP contribution in [0.5, 0.6) is 5.75 Å². The number of anilines is 2. The number of ether oxygens (including phenoxy) is 2. The molecule has 21 heavy (non-hydrogen) atoms. The molecular formula is C12H9F3N2O3S. The molecule has 1 heterocycles. The van der Waals surface area contributed by atoms with Crippen molar-refractivity contribution in [3.05, 3.63) is 35.3 Å². The van der Waals surface area contributed by atoms with Gasteiger partial charge in [0.2, 0.25) is 0 Å². The highest BCUT2D eigenvalue weighted by atomic mass is 32.1. The lowest BCUT2D eigenvalue weighted by Gasteiger charge is -2.09. The van der Waals surface area contributed by atoms with Crippen molar-refractivity contribution in [3.8, 4) is 5.75 Å². The van der Waals surface area contributed by atoms with Gasteiger partial charge in [0.05, 0.1) is 13.3 Å². The van der Waals surface area contributed by atoms with E-state index in [2.05, 4.69) is 19.8 Å². The number of halogens is 3. The summed E-state index contributed by atoms with van der Waals surface area (Å²) in [4.78, 5) is 15.5. The third-order valence-corrected chi connectivity index (χ3v) is 3.12. The number of carbonyl (C=O) groups is 1. The van der Waals surface area contributed by atoms with E-state index in [9.17, 15) is 18.0 Å². The third-order valence-electron chi connectivity index (χ3n) is 2.23. The minimum Gasteiger partial charge on any atom is -0.465 e. The largest absolute Gasteiger partial charge is 0.573 e. The van der Waals surface area contributed by atoms with Crippen LogP contribution in [0, 0.1) is 0 Å². The normalized spacial score (nSPS) is 11.0. The Morgan fingerprint density at radius 1 is 1.29 bits per heavy atom. The van der Waals surface area contributed by atoms with Crippen LogP contribution < -0.4 is 10.1 Å². The van der Waals surface area contributed by atoms with E-state index < -0.39 is 12.3 Å². The first kappa shape index (κ1) is 15.1. The Morgan fingerprint density at radius 3 is 2.52 bits per heavy atom. The zero-order valence-electron chi connectivity index (χ0n) is 10.6. The number of alkyl halides is 3. The molecule has 0 aliphatic carbocycles. The smallest absolute Gasteiger partial charge is 0.465 e. The fourth-order valence-electron chi connectivity index (χ4n) is 1.39. The Hall–Kier alpha value is -2.29. The molecule has 0 aliphatic rings. The number of rotatable bonds is 4. The topological polar surface area (TPSA) is 60.5 Å². The minimum atomic E-state index is -4.72. The van der Waals surface area contributed by atoms with Gasteiger partial charge >= 0.3 is 12.3 Å². The van der Waals surface area contributed by atoms with E-state index in [1.807, 2.05) is 0 Å². The molecule has 112 valence electrons. The third kappa shape index (κ3) is 4.35. The summed E-state index contributed by atoms with van der Waals surface area (Å²) in [6, 6.07) is 5.15.